The Bertz CT molecular complexity index is 440. The summed E-state index contributed by atoms with van der Waals surface area (Å²) in [6, 6.07) is 8.71. The summed E-state index contributed by atoms with van der Waals surface area (Å²) in [6.07, 6.45) is 4.15. The van der Waals surface area contributed by atoms with Gasteiger partial charge in [-0.1, -0.05) is 31.2 Å². The normalized spacial score (nSPS) is 19.6. The van der Waals surface area contributed by atoms with Gasteiger partial charge < -0.3 is 10.6 Å². The fourth-order valence-corrected chi connectivity index (χ4v) is 3.01. The lowest BCUT2D eigenvalue weighted by atomic mass is 9.86. The van der Waals surface area contributed by atoms with E-state index in [9.17, 15) is 4.79 Å². The van der Waals surface area contributed by atoms with Crippen molar-refractivity contribution in [1.82, 2.24) is 4.90 Å². The van der Waals surface area contributed by atoms with Gasteiger partial charge in [-0.25, -0.2) is 0 Å². The van der Waals surface area contributed by atoms with Crippen molar-refractivity contribution < 1.29 is 4.79 Å². The average Bonchev–Trinajstić information content (AvgIpc) is 2.47. The smallest absolute Gasteiger partial charge is 0.227 e. The van der Waals surface area contributed by atoms with Crippen LogP contribution in [0.3, 0.4) is 0 Å². The first-order chi connectivity index (χ1) is 9.19. The molecule has 19 heavy (non-hydrogen) atoms. The van der Waals surface area contributed by atoms with Crippen molar-refractivity contribution in [2.24, 2.45) is 11.7 Å². The Balaban J connectivity index is 2.21. The van der Waals surface area contributed by atoms with Crippen molar-refractivity contribution >= 4 is 5.91 Å². The lowest BCUT2D eigenvalue weighted by Crippen LogP contribution is -2.39. The molecular weight excluding hydrogens is 236 g/mol. The zero-order valence-electron chi connectivity index (χ0n) is 11.9. The maximum Gasteiger partial charge on any atom is 0.227 e. The molecular formula is C16H24N2O. The molecule has 104 valence electrons. The summed E-state index contributed by atoms with van der Waals surface area (Å²) in [5.41, 5.74) is 8.40. The molecule has 0 aliphatic heterocycles. The number of amides is 1. The van der Waals surface area contributed by atoms with Crippen LogP contribution in [0.15, 0.2) is 24.3 Å². The van der Waals surface area contributed by atoms with Gasteiger partial charge in [-0.2, -0.15) is 0 Å². The summed E-state index contributed by atoms with van der Waals surface area (Å²) in [6.45, 7) is 2.46. The third kappa shape index (κ3) is 2.81. The van der Waals surface area contributed by atoms with E-state index in [-0.39, 0.29) is 17.9 Å². The van der Waals surface area contributed by atoms with Crippen LogP contribution in [-0.4, -0.2) is 24.4 Å². The second-order valence-corrected chi connectivity index (χ2v) is 5.40. The Morgan fingerprint density at radius 3 is 2.89 bits per heavy atom. The first-order valence-electron chi connectivity index (χ1n) is 7.23. The Morgan fingerprint density at radius 1 is 1.47 bits per heavy atom. The van der Waals surface area contributed by atoms with Gasteiger partial charge >= 0.3 is 0 Å². The lowest BCUT2D eigenvalue weighted by molar-refractivity contribution is -0.136. The van der Waals surface area contributed by atoms with Crippen molar-refractivity contribution in [3.8, 4) is 0 Å². The van der Waals surface area contributed by atoms with Gasteiger partial charge in [-0.15, -0.1) is 0 Å². The Kier molecular flexibility index (Phi) is 4.59. The largest absolute Gasteiger partial charge is 0.338 e. The summed E-state index contributed by atoms with van der Waals surface area (Å²) >= 11 is 0. The van der Waals surface area contributed by atoms with Gasteiger partial charge in [0.05, 0.1) is 12.0 Å². The number of carbonyl (C=O) groups is 1. The molecule has 0 saturated heterocycles. The van der Waals surface area contributed by atoms with Gasteiger partial charge in [0.1, 0.15) is 0 Å². The molecule has 2 rings (SSSR count). The molecule has 2 N–H and O–H groups in total. The molecule has 3 nitrogen and oxygen atoms in total. The van der Waals surface area contributed by atoms with E-state index in [1.54, 1.807) is 0 Å². The highest BCUT2D eigenvalue weighted by Crippen LogP contribution is 2.34. The second-order valence-electron chi connectivity index (χ2n) is 5.40. The van der Waals surface area contributed by atoms with Gasteiger partial charge in [0.15, 0.2) is 0 Å². The molecule has 0 spiro atoms. The van der Waals surface area contributed by atoms with Crippen molar-refractivity contribution in [3.05, 3.63) is 35.4 Å². The molecule has 0 bridgehead atoms. The SMILES string of the molecule is CCC(CN)C(=O)N(C)C1CCCc2ccccc21. The van der Waals surface area contributed by atoms with E-state index in [0.29, 0.717) is 6.54 Å². The number of nitrogens with zero attached hydrogens (tertiary/aromatic N) is 1. The first kappa shape index (κ1) is 14.1. The van der Waals surface area contributed by atoms with E-state index in [1.807, 2.05) is 18.9 Å². The summed E-state index contributed by atoms with van der Waals surface area (Å²) in [5.74, 6) is 0.144. The molecule has 0 aromatic heterocycles. The Morgan fingerprint density at radius 2 is 2.21 bits per heavy atom. The average molecular weight is 260 g/mol. The van der Waals surface area contributed by atoms with Gasteiger partial charge in [0, 0.05) is 13.6 Å². The number of hydrogen-bond donors (Lipinski definition) is 1. The zero-order chi connectivity index (χ0) is 13.8. The number of rotatable bonds is 4. The second kappa shape index (κ2) is 6.20. The number of carbonyl (C=O) groups excluding carboxylic acids is 1. The fraction of sp³-hybridized carbons (Fsp3) is 0.562. The van der Waals surface area contributed by atoms with E-state index in [2.05, 4.69) is 24.3 Å². The molecule has 1 amide bonds. The summed E-state index contributed by atoms with van der Waals surface area (Å²) in [5, 5.41) is 0. The third-order valence-corrected chi connectivity index (χ3v) is 4.28. The van der Waals surface area contributed by atoms with E-state index < -0.39 is 0 Å². The number of hydrogen-bond acceptors (Lipinski definition) is 2. The molecule has 0 saturated carbocycles. The van der Waals surface area contributed by atoms with Gasteiger partial charge in [0.25, 0.3) is 0 Å². The van der Waals surface area contributed by atoms with Gasteiger partial charge in [-0.05, 0) is 36.8 Å². The van der Waals surface area contributed by atoms with Crippen LogP contribution in [0.25, 0.3) is 0 Å². The Hall–Kier alpha value is -1.35. The topological polar surface area (TPSA) is 46.3 Å². The van der Waals surface area contributed by atoms with E-state index >= 15 is 0 Å². The summed E-state index contributed by atoms with van der Waals surface area (Å²) < 4.78 is 0. The predicted octanol–water partition coefficient (Wildman–Crippen LogP) is 2.51. The van der Waals surface area contributed by atoms with Crippen molar-refractivity contribution in [1.29, 1.82) is 0 Å². The molecule has 1 aromatic rings. The Labute approximate surface area is 115 Å². The maximum atomic E-state index is 12.5. The van der Waals surface area contributed by atoms with Crippen LogP contribution in [0.4, 0.5) is 0 Å². The number of benzene rings is 1. The van der Waals surface area contributed by atoms with Crippen LogP contribution in [-0.2, 0) is 11.2 Å². The van der Waals surface area contributed by atoms with Crippen LogP contribution < -0.4 is 5.73 Å². The van der Waals surface area contributed by atoms with E-state index in [1.165, 1.54) is 11.1 Å². The standard InChI is InChI=1S/C16H24N2O/c1-3-12(11-17)16(19)18(2)15-10-6-8-13-7-4-5-9-14(13)15/h4-5,7,9,12,15H,3,6,8,10-11,17H2,1-2H3. The molecule has 2 unspecified atom stereocenters. The minimum atomic E-state index is -0.0425. The van der Waals surface area contributed by atoms with Crippen LogP contribution >= 0.6 is 0 Å². The molecule has 0 fully saturated rings. The highest BCUT2D eigenvalue weighted by atomic mass is 16.2. The maximum absolute atomic E-state index is 12.5. The molecule has 3 heteroatoms. The molecule has 0 heterocycles. The fourth-order valence-electron chi connectivity index (χ4n) is 3.01. The highest BCUT2D eigenvalue weighted by Gasteiger charge is 2.29. The number of nitrogens with two attached hydrogens (primary N) is 1. The van der Waals surface area contributed by atoms with Crippen molar-refractivity contribution in [2.75, 3.05) is 13.6 Å². The van der Waals surface area contributed by atoms with E-state index in [0.717, 1.165) is 25.7 Å². The molecule has 1 aliphatic rings. The predicted molar refractivity (Wildman–Crippen MR) is 77.7 cm³/mol. The van der Waals surface area contributed by atoms with Crippen LogP contribution in [0.2, 0.25) is 0 Å². The van der Waals surface area contributed by atoms with Gasteiger partial charge in [0.2, 0.25) is 5.91 Å². The minimum absolute atomic E-state index is 0.0425. The first-order valence-corrected chi connectivity index (χ1v) is 7.23. The zero-order valence-corrected chi connectivity index (χ0v) is 11.9. The number of aryl methyl sites for hydroxylation is 1. The highest BCUT2D eigenvalue weighted by molar-refractivity contribution is 5.79. The summed E-state index contributed by atoms with van der Waals surface area (Å²) in [4.78, 5) is 14.4. The lowest BCUT2D eigenvalue weighted by Gasteiger charge is -2.35. The molecule has 2 atom stereocenters. The number of fused-ring (bicyclic) bond motifs is 1. The molecule has 0 radical (unpaired) electrons. The molecule has 1 aliphatic carbocycles. The van der Waals surface area contributed by atoms with E-state index in [4.69, 9.17) is 5.73 Å². The van der Waals surface area contributed by atoms with Crippen molar-refractivity contribution in [3.63, 3.8) is 0 Å². The summed E-state index contributed by atoms with van der Waals surface area (Å²) in [7, 11) is 1.92. The van der Waals surface area contributed by atoms with Gasteiger partial charge in [-0.3, -0.25) is 4.79 Å². The van der Waals surface area contributed by atoms with Crippen LogP contribution in [0, 0.1) is 5.92 Å². The van der Waals surface area contributed by atoms with Crippen molar-refractivity contribution in [2.45, 2.75) is 38.6 Å². The minimum Gasteiger partial charge on any atom is -0.338 e. The monoisotopic (exact) mass is 260 g/mol. The third-order valence-electron chi connectivity index (χ3n) is 4.28. The molecule has 1 aromatic carbocycles. The van der Waals surface area contributed by atoms with Crippen LogP contribution in [0.5, 0.6) is 0 Å². The quantitative estimate of drug-likeness (QED) is 0.904. The van der Waals surface area contributed by atoms with Crippen LogP contribution in [0.1, 0.15) is 43.4 Å².